The molecule has 0 heterocycles. The molecule has 130 valence electrons. The summed E-state index contributed by atoms with van der Waals surface area (Å²) in [7, 11) is 1.32. The Balaban J connectivity index is 2.84. The number of carbonyl (C=O) groups excluding carboxylic acids is 1. The van der Waals surface area contributed by atoms with Crippen LogP contribution in [0.3, 0.4) is 0 Å². The summed E-state index contributed by atoms with van der Waals surface area (Å²) < 4.78 is 41.9. The highest BCUT2D eigenvalue weighted by Crippen LogP contribution is 2.16. The van der Waals surface area contributed by atoms with Crippen LogP contribution in [0.4, 0.5) is 13.2 Å². The second-order valence-corrected chi connectivity index (χ2v) is 5.06. The molecule has 0 aliphatic carbocycles. The Hall–Kier alpha value is -2.44. The first kappa shape index (κ1) is 19.6. The number of aliphatic imine (C=N–C) groups is 2. The molecule has 7 heteroatoms. The number of aryl methyl sites for hydroxylation is 1. The largest absolute Gasteiger partial charge is 0.481 e. The molecule has 1 rings (SSSR count). The van der Waals surface area contributed by atoms with Crippen LogP contribution >= 0.6 is 0 Å². The smallest absolute Gasteiger partial charge is 0.407 e. The normalized spacial score (nSPS) is 12.9. The number of allylic oxidation sites excluding steroid dienone is 1. The number of rotatable bonds is 8. The second-order valence-electron chi connectivity index (χ2n) is 5.06. The number of benzene rings is 1. The van der Waals surface area contributed by atoms with Gasteiger partial charge < -0.3 is 4.74 Å². The molecule has 0 unspecified atom stereocenters. The van der Waals surface area contributed by atoms with Gasteiger partial charge in [-0.3, -0.25) is 9.79 Å². The van der Waals surface area contributed by atoms with Gasteiger partial charge in [0.15, 0.2) is 5.78 Å². The van der Waals surface area contributed by atoms with Gasteiger partial charge in [-0.25, -0.2) is 4.99 Å². The van der Waals surface area contributed by atoms with E-state index in [0.29, 0.717) is 5.56 Å². The standard InChI is InChI=1S/C17H19F3N2O2/c1-12-4-6-13(7-5-12)15(23)9-8-14(10-16(21-2)24-3)22-11-17(18,19)20/h4-7,10H,2,8-9,11H2,1,3H3/b16-10+,22-14?. The first-order valence-electron chi connectivity index (χ1n) is 7.17. The number of hydrogen-bond acceptors (Lipinski definition) is 4. The van der Waals surface area contributed by atoms with Gasteiger partial charge in [0, 0.05) is 23.8 Å². The van der Waals surface area contributed by atoms with Crippen molar-refractivity contribution in [2.75, 3.05) is 13.7 Å². The van der Waals surface area contributed by atoms with Gasteiger partial charge in [0.2, 0.25) is 5.88 Å². The monoisotopic (exact) mass is 340 g/mol. The number of nitrogens with zero attached hydrogens (tertiary/aromatic N) is 2. The van der Waals surface area contributed by atoms with Crippen LogP contribution in [0.15, 0.2) is 46.2 Å². The molecule has 0 spiro atoms. The zero-order valence-corrected chi connectivity index (χ0v) is 13.6. The summed E-state index contributed by atoms with van der Waals surface area (Å²) in [6.07, 6.45) is -3.09. The van der Waals surface area contributed by atoms with Gasteiger partial charge in [-0.1, -0.05) is 29.8 Å². The number of ether oxygens (including phenoxy) is 1. The fourth-order valence-corrected chi connectivity index (χ4v) is 1.83. The maximum absolute atomic E-state index is 12.4. The minimum absolute atomic E-state index is 0.0321. The summed E-state index contributed by atoms with van der Waals surface area (Å²) in [5.41, 5.74) is 1.61. The highest BCUT2D eigenvalue weighted by Gasteiger charge is 2.26. The van der Waals surface area contributed by atoms with Gasteiger partial charge in [0.1, 0.15) is 6.54 Å². The topological polar surface area (TPSA) is 51.0 Å². The fraction of sp³-hybridized carbons (Fsp3) is 0.353. The van der Waals surface area contributed by atoms with E-state index < -0.39 is 12.7 Å². The van der Waals surface area contributed by atoms with E-state index >= 15 is 0 Å². The molecule has 1 aromatic carbocycles. The van der Waals surface area contributed by atoms with Gasteiger partial charge >= 0.3 is 6.18 Å². The van der Waals surface area contributed by atoms with Gasteiger partial charge in [-0.05, 0) is 20.1 Å². The van der Waals surface area contributed by atoms with E-state index in [0.717, 1.165) is 5.56 Å². The van der Waals surface area contributed by atoms with E-state index in [4.69, 9.17) is 4.74 Å². The predicted octanol–water partition coefficient (Wildman–Crippen LogP) is 4.15. The zero-order chi connectivity index (χ0) is 18.2. The van der Waals surface area contributed by atoms with Crippen molar-refractivity contribution < 1.29 is 22.7 Å². The Labute approximate surface area is 138 Å². The highest BCUT2D eigenvalue weighted by atomic mass is 19.4. The third-order valence-electron chi connectivity index (χ3n) is 3.10. The van der Waals surface area contributed by atoms with Crippen molar-refractivity contribution in [2.45, 2.75) is 25.9 Å². The molecule has 0 amide bonds. The molecule has 0 bridgehead atoms. The van der Waals surface area contributed by atoms with Crippen molar-refractivity contribution in [2.24, 2.45) is 9.98 Å². The third-order valence-corrected chi connectivity index (χ3v) is 3.10. The number of ketones is 1. The first-order valence-corrected chi connectivity index (χ1v) is 7.17. The molecule has 4 nitrogen and oxygen atoms in total. The van der Waals surface area contributed by atoms with Crippen LogP contribution in [0.5, 0.6) is 0 Å². The number of Topliss-reactive ketones (excluding diaryl/α,β-unsaturated/α-hetero) is 1. The van der Waals surface area contributed by atoms with Gasteiger partial charge in [0.25, 0.3) is 0 Å². The number of methoxy groups -OCH3 is 1. The quantitative estimate of drug-likeness (QED) is 0.405. The lowest BCUT2D eigenvalue weighted by Crippen LogP contribution is -2.14. The van der Waals surface area contributed by atoms with Crippen LogP contribution in [-0.2, 0) is 4.74 Å². The molecular formula is C17H19F3N2O2. The average molecular weight is 340 g/mol. The van der Waals surface area contributed by atoms with Gasteiger partial charge in [-0.15, -0.1) is 0 Å². The number of hydrogen-bond donors (Lipinski definition) is 0. The minimum Gasteiger partial charge on any atom is -0.481 e. The lowest BCUT2D eigenvalue weighted by molar-refractivity contribution is -0.118. The van der Waals surface area contributed by atoms with Crippen molar-refractivity contribution in [3.8, 4) is 0 Å². The molecule has 0 fully saturated rings. The second kappa shape index (κ2) is 9.00. The van der Waals surface area contributed by atoms with E-state index in [1.54, 1.807) is 24.3 Å². The lowest BCUT2D eigenvalue weighted by atomic mass is 10.0. The molecule has 0 aliphatic rings. The van der Waals surface area contributed by atoms with E-state index in [1.807, 2.05) is 6.92 Å². The maximum Gasteiger partial charge on any atom is 0.407 e. The summed E-state index contributed by atoms with van der Waals surface area (Å²) in [4.78, 5) is 19.2. The van der Waals surface area contributed by atoms with E-state index in [2.05, 4.69) is 16.7 Å². The minimum atomic E-state index is -4.42. The Morgan fingerprint density at radius 2 is 1.88 bits per heavy atom. The molecule has 24 heavy (non-hydrogen) atoms. The maximum atomic E-state index is 12.4. The Bertz CT molecular complexity index is 632. The number of halogens is 3. The van der Waals surface area contributed by atoms with Crippen molar-refractivity contribution in [3.05, 3.63) is 47.4 Å². The van der Waals surface area contributed by atoms with E-state index in [9.17, 15) is 18.0 Å². The summed E-state index contributed by atoms with van der Waals surface area (Å²) in [5, 5.41) is 0. The summed E-state index contributed by atoms with van der Waals surface area (Å²) in [5.74, 6) is -0.132. The summed E-state index contributed by atoms with van der Waals surface area (Å²) in [6.45, 7) is 3.83. The Morgan fingerprint density at radius 1 is 1.25 bits per heavy atom. The van der Waals surface area contributed by atoms with Crippen LogP contribution in [0.1, 0.15) is 28.8 Å². The average Bonchev–Trinajstić information content (AvgIpc) is 2.53. The number of carbonyl (C=O) groups is 1. The SMILES string of the molecule is C=N/C(=C\C(CCC(=O)c1ccc(C)cc1)=NCC(F)(F)F)OC. The third kappa shape index (κ3) is 7.21. The fourth-order valence-electron chi connectivity index (χ4n) is 1.83. The Kier molecular flexibility index (Phi) is 7.35. The first-order chi connectivity index (χ1) is 11.2. The van der Waals surface area contributed by atoms with Crippen molar-refractivity contribution in [3.63, 3.8) is 0 Å². The summed E-state index contributed by atoms with van der Waals surface area (Å²) in [6, 6.07) is 6.98. The van der Waals surface area contributed by atoms with Crippen LogP contribution in [0.2, 0.25) is 0 Å². The van der Waals surface area contributed by atoms with Crippen molar-refractivity contribution >= 4 is 18.2 Å². The molecule has 0 saturated carbocycles. The van der Waals surface area contributed by atoms with Crippen molar-refractivity contribution in [1.82, 2.24) is 0 Å². The lowest BCUT2D eigenvalue weighted by Gasteiger charge is -2.07. The van der Waals surface area contributed by atoms with Crippen LogP contribution < -0.4 is 0 Å². The molecule has 0 aromatic heterocycles. The molecule has 0 N–H and O–H groups in total. The predicted molar refractivity (Wildman–Crippen MR) is 87.7 cm³/mol. The van der Waals surface area contributed by atoms with E-state index in [-0.39, 0.29) is 30.2 Å². The highest BCUT2D eigenvalue weighted by molar-refractivity contribution is 6.02. The number of alkyl halides is 3. The molecular weight excluding hydrogens is 321 g/mol. The molecule has 0 radical (unpaired) electrons. The van der Waals surface area contributed by atoms with Crippen LogP contribution in [0, 0.1) is 6.92 Å². The van der Waals surface area contributed by atoms with Gasteiger partial charge in [-0.2, -0.15) is 13.2 Å². The zero-order valence-electron chi connectivity index (χ0n) is 13.6. The Morgan fingerprint density at radius 3 is 2.38 bits per heavy atom. The van der Waals surface area contributed by atoms with Crippen LogP contribution in [-0.4, -0.2) is 38.0 Å². The summed E-state index contributed by atoms with van der Waals surface area (Å²) >= 11 is 0. The molecule has 0 atom stereocenters. The van der Waals surface area contributed by atoms with Crippen LogP contribution in [0.25, 0.3) is 0 Å². The molecule has 0 saturated heterocycles. The van der Waals surface area contributed by atoms with Crippen molar-refractivity contribution in [1.29, 1.82) is 0 Å². The molecule has 0 aliphatic heterocycles. The van der Waals surface area contributed by atoms with E-state index in [1.165, 1.54) is 13.2 Å². The molecule has 1 aromatic rings. The van der Waals surface area contributed by atoms with Gasteiger partial charge in [0.05, 0.1) is 7.11 Å².